The molecule has 0 aromatic heterocycles. The molecule has 0 amide bonds. The Morgan fingerprint density at radius 2 is 2.06 bits per heavy atom. The fourth-order valence-electron chi connectivity index (χ4n) is 1.64. The molecule has 0 radical (unpaired) electrons. The summed E-state index contributed by atoms with van der Waals surface area (Å²) in [6, 6.07) is 7.61. The molecular formula is C13H16BrNO2S. The zero-order chi connectivity index (χ0) is 13.6. The van der Waals surface area contributed by atoms with E-state index in [2.05, 4.69) is 15.9 Å². The standard InChI is InChI=1S/C13H16BrNO2S/c1-11-12(6-5-7-13(11)14)10-18(16,17)9-4-2-3-8-15/h5-7H,2-4,9-10H2,1H3. The molecule has 1 aromatic carbocycles. The molecule has 0 unspecified atom stereocenters. The first-order valence-corrected chi connectivity index (χ1v) is 8.39. The second-order valence-corrected chi connectivity index (χ2v) is 7.27. The van der Waals surface area contributed by atoms with Crippen LogP contribution in [0.4, 0.5) is 0 Å². The van der Waals surface area contributed by atoms with Gasteiger partial charge in [0.1, 0.15) is 0 Å². The molecule has 98 valence electrons. The van der Waals surface area contributed by atoms with Crippen molar-refractivity contribution in [2.24, 2.45) is 0 Å². The van der Waals surface area contributed by atoms with Crippen molar-refractivity contribution in [3.63, 3.8) is 0 Å². The first kappa shape index (κ1) is 15.2. The van der Waals surface area contributed by atoms with E-state index in [9.17, 15) is 8.42 Å². The molecule has 0 aliphatic carbocycles. The number of hydrogen-bond donors (Lipinski definition) is 0. The molecule has 1 aromatic rings. The fourth-order valence-corrected chi connectivity index (χ4v) is 3.63. The third-order valence-electron chi connectivity index (χ3n) is 2.75. The van der Waals surface area contributed by atoms with Crippen LogP contribution in [-0.4, -0.2) is 14.2 Å². The maximum Gasteiger partial charge on any atom is 0.154 e. The van der Waals surface area contributed by atoms with Crippen molar-refractivity contribution >= 4 is 25.8 Å². The molecule has 0 bridgehead atoms. The number of nitriles is 1. The lowest BCUT2D eigenvalue weighted by Crippen LogP contribution is -2.10. The second-order valence-electron chi connectivity index (χ2n) is 4.23. The smallest absolute Gasteiger partial charge is 0.154 e. The minimum atomic E-state index is -3.08. The van der Waals surface area contributed by atoms with Crippen LogP contribution in [-0.2, 0) is 15.6 Å². The number of hydrogen-bond acceptors (Lipinski definition) is 3. The lowest BCUT2D eigenvalue weighted by atomic mass is 10.1. The highest BCUT2D eigenvalue weighted by atomic mass is 79.9. The van der Waals surface area contributed by atoms with E-state index in [0.29, 0.717) is 19.3 Å². The van der Waals surface area contributed by atoms with E-state index in [1.165, 1.54) is 0 Å². The van der Waals surface area contributed by atoms with Gasteiger partial charge in [0, 0.05) is 10.9 Å². The van der Waals surface area contributed by atoms with Crippen LogP contribution in [0.15, 0.2) is 22.7 Å². The lowest BCUT2D eigenvalue weighted by molar-refractivity contribution is 0.591. The summed E-state index contributed by atoms with van der Waals surface area (Å²) < 4.78 is 24.8. The number of sulfone groups is 1. The van der Waals surface area contributed by atoms with Crippen molar-refractivity contribution in [2.75, 3.05) is 5.75 Å². The molecule has 0 fully saturated rings. The fraction of sp³-hybridized carbons (Fsp3) is 0.462. The summed E-state index contributed by atoms with van der Waals surface area (Å²) in [7, 11) is -3.08. The maximum absolute atomic E-state index is 11.9. The highest BCUT2D eigenvalue weighted by Gasteiger charge is 2.13. The van der Waals surface area contributed by atoms with E-state index < -0.39 is 9.84 Å². The summed E-state index contributed by atoms with van der Waals surface area (Å²) in [5, 5.41) is 8.39. The van der Waals surface area contributed by atoms with Gasteiger partial charge in [0.2, 0.25) is 0 Å². The van der Waals surface area contributed by atoms with E-state index in [-0.39, 0.29) is 11.5 Å². The zero-order valence-corrected chi connectivity index (χ0v) is 12.7. The third kappa shape index (κ3) is 4.79. The number of halogens is 1. The van der Waals surface area contributed by atoms with Crippen LogP contribution >= 0.6 is 15.9 Å². The van der Waals surface area contributed by atoms with Crippen molar-refractivity contribution in [3.8, 4) is 6.07 Å². The first-order valence-electron chi connectivity index (χ1n) is 5.77. The molecule has 3 nitrogen and oxygen atoms in total. The molecule has 5 heteroatoms. The number of nitrogens with zero attached hydrogens (tertiary/aromatic N) is 1. The zero-order valence-electron chi connectivity index (χ0n) is 10.3. The molecule has 18 heavy (non-hydrogen) atoms. The minimum Gasteiger partial charge on any atom is -0.228 e. The third-order valence-corrected chi connectivity index (χ3v) is 5.27. The summed E-state index contributed by atoms with van der Waals surface area (Å²) in [6.07, 6.45) is 1.63. The van der Waals surface area contributed by atoms with Gasteiger partial charge in [-0.2, -0.15) is 5.26 Å². The van der Waals surface area contributed by atoms with Crippen LogP contribution < -0.4 is 0 Å². The summed E-state index contributed by atoms with van der Waals surface area (Å²) in [5.74, 6) is 0.228. The van der Waals surface area contributed by atoms with Crippen molar-refractivity contribution in [1.29, 1.82) is 5.26 Å². The quantitative estimate of drug-likeness (QED) is 0.752. The molecule has 1 rings (SSSR count). The Morgan fingerprint density at radius 1 is 1.33 bits per heavy atom. The Balaban J connectivity index is 2.66. The second kappa shape index (κ2) is 6.91. The summed E-state index contributed by atoms with van der Waals surface area (Å²) in [6.45, 7) is 1.91. The summed E-state index contributed by atoms with van der Waals surface area (Å²) in [4.78, 5) is 0. The Hall–Kier alpha value is -0.860. The van der Waals surface area contributed by atoms with Crippen LogP contribution in [0, 0.1) is 18.3 Å². The molecule has 0 aliphatic heterocycles. The van der Waals surface area contributed by atoms with Gasteiger partial charge < -0.3 is 0 Å². The van der Waals surface area contributed by atoms with Gasteiger partial charge in [-0.25, -0.2) is 8.42 Å². The Labute approximate surface area is 117 Å². The number of rotatable bonds is 6. The first-order chi connectivity index (χ1) is 8.46. The van der Waals surface area contributed by atoms with Gasteiger partial charge in [-0.1, -0.05) is 28.1 Å². The van der Waals surface area contributed by atoms with Gasteiger partial charge in [-0.15, -0.1) is 0 Å². The predicted molar refractivity (Wildman–Crippen MR) is 75.8 cm³/mol. The van der Waals surface area contributed by atoms with Gasteiger partial charge in [0.15, 0.2) is 9.84 Å². The predicted octanol–water partition coefficient (Wildman–Crippen LogP) is 3.37. The van der Waals surface area contributed by atoms with E-state index in [1.807, 2.05) is 31.2 Å². The average Bonchev–Trinajstić information content (AvgIpc) is 2.31. The van der Waals surface area contributed by atoms with Crippen molar-refractivity contribution < 1.29 is 8.42 Å². The van der Waals surface area contributed by atoms with Crippen LogP contribution in [0.3, 0.4) is 0 Å². The summed E-state index contributed by atoms with van der Waals surface area (Å²) in [5.41, 5.74) is 1.81. The van der Waals surface area contributed by atoms with Crippen LogP contribution in [0.25, 0.3) is 0 Å². The molecular weight excluding hydrogens is 314 g/mol. The van der Waals surface area contributed by atoms with Crippen LogP contribution in [0.2, 0.25) is 0 Å². The van der Waals surface area contributed by atoms with Gasteiger partial charge in [-0.3, -0.25) is 0 Å². The molecule has 0 atom stereocenters. The van der Waals surface area contributed by atoms with Crippen molar-refractivity contribution in [2.45, 2.75) is 31.9 Å². The Bertz CT molecular complexity index is 547. The van der Waals surface area contributed by atoms with Gasteiger partial charge in [0.25, 0.3) is 0 Å². The van der Waals surface area contributed by atoms with Crippen LogP contribution in [0.5, 0.6) is 0 Å². The SMILES string of the molecule is Cc1c(Br)cccc1CS(=O)(=O)CCCCC#N. The van der Waals surface area contributed by atoms with Gasteiger partial charge >= 0.3 is 0 Å². The molecule has 0 N–H and O–H groups in total. The molecule has 0 saturated carbocycles. The van der Waals surface area contributed by atoms with Gasteiger partial charge in [-0.05, 0) is 37.0 Å². The van der Waals surface area contributed by atoms with Crippen LogP contribution in [0.1, 0.15) is 30.4 Å². The maximum atomic E-state index is 11.9. The lowest BCUT2D eigenvalue weighted by Gasteiger charge is -2.08. The largest absolute Gasteiger partial charge is 0.228 e. The van der Waals surface area contributed by atoms with Crippen molar-refractivity contribution in [1.82, 2.24) is 0 Å². The molecule has 0 aliphatic rings. The average molecular weight is 330 g/mol. The van der Waals surface area contributed by atoms with E-state index in [1.54, 1.807) is 0 Å². The highest BCUT2D eigenvalue weighted by Crippen LogP contribution is 2.21. The number of benzene rings is 1. The van der Waals surface area contributed by atoms with E-state index in [4.69, 9.17) is 5.26 Å². The highest BCUT2D eigenvalue weighted by molar-refractivity contribution is 9.10. The number of unbranched alkanes of at least 4 members (excludes halogenated alkanes) is 2. The Morgan fingerprint density at radius 3 is 2.72 bits per heavy atom. The minimum absolute atomic E-state index is 0.0742. The van der Waals surface area contributed by atoms with Gasteiger partial charge in [0.05, 0.1) is 17.6 Å². The monoisotopic (exact) mass is 329 g/mol. The van der Waals surface area contributed by atoms with Crippen molar-refractivity contribution in [3.05, 3.63) is 33.8 Å². The molecule has 0 spiro atoms. The van der Waals surface area contributed by atoms with E-state index in [0.717, 1.165) is 15.6 Å². The molecule has 0 saturated heterocycles. The normalized spacial score (nSPS) is 11.2. The molecule has 0 heterocycles. The Kier molecular flexibility index (Phi) is 5.83. The summed E-state index contributed by atoms with van der Waals surface area (Å²) >= 11 is 3.40. The topological polar surface area (TPSA) is 57.9 Å². The van der Waals surface area contributed by atoms with E-state index >= 15 is 0 Å².